The van der Waals surface area contributed by atoms with Gasteiger partial charge in [0.25, 0.3) is 5.91 Å². The third-order valence-electron chi connectivity index (χ3n) is 3.45. The lowest BCUT2D eigenvalue weighted by atomic mass is 10.1. The van der Waals surface area contributed by atoms with Crippen molar-refractivity contribution in [2.45, 2.75) is 13.0 Å². The van der Waals surface area contributed by atoms with Crippen molar-refractivity contribution in [3.8, 4) is 11.5 Å². The summed E-state index contributed by atoms with van der Waals surface area (Å²) in [5.74, 6) is 1.41. The Bertz CT molecular complexity index is 640. The van der Waals surface area contributed by atoms with E-state index >= 15 is 0 Å². The summed E-state index contributed by atoms with van der Waals surface area (Å²) in [5.41, 5.74) is 1.64. The summed E-state index contributed by atoms with van der Waals surface area (Å²) in [4.78, 5) is 12.2. The van der Waals surface area contributed by atoms with Gasteiger partial charge in [0, 0.05) is 5.56 Å². The van der Waals surface area contributed by atoms with Crippen molar-refractivity contribution >= 4 is 5.91 Å². The van der Waals surface area contributed by atoms with Crippen molar-refractivity contribution in [1.82, 2.24) is 5.32 Å². The third kappa shape index (κ3) is 2.99. The molecule has 0 aliphatic carbocycles. The van der Waals surface area contributed by atoms with Crippen LogP contribution in [0.5, 0.6) is 11.5 Å². The summed E-state index contributed by atoms with van der Waals surface area (Å²) in [6, 6.07) is 14.8. The van der Waals surface area contributed by atoms with Gasteiger partial charge in [-0.15, -0.1) is 0 Å². The second-order valence-electron chi connectivity index (χ2n) is 4.96. The smallest absolute Gasteiger partial charge is 0.251 e. The number of rotatable bonds is 3. The fraction of sp³-hybridized carbons (Fsp3) is 0.235. The van der Waals surface area contributed by atoms with E-state index in [1.165, 1.54) is 0 Å². The Labute approximate surface area is 123 Å². The molecule has 1 aliphatic heterocycles. The second-order valence-corrected chi connectivity index (χ2v) is 4.96. The maximum atomic E-state index is 12.2. The Morgan fingerprint density at radius 1 is 1.05 bits per heavy atom. The van der Waals surface area contributed by atoms with Gasteiger partial charge < -0.3 is 14.8 Å². The normalized spacial score (nSPS) is 14.3. The summed E-state index contributed by atoms with van der Waals surface area (Å²) < 4.78 is 11.1. The van der Waals surface area contributed by atoms with Crippen LogP contribution in [0.2, 0.25) is 0 Å². The van der Waals surface area contributed by atoms with E-state index < -0.39 is 0 Å². The predicted octanol–water partition coefficient (Wildman–Crippen LogP) is 2.95. The molecular weight excluding hydrogens is 266 g/mol. The maximum absolute atomic E-state index is 12.2. The van der Waals surface area contributed by atoms with Crippen molar-refractivity contribution in [2.24, 2.45) is 0 Å². The molecule has 1 heterocycles. The zero-order chi connectivity index (χ0) is 14.7. The van der Waals surface area contributed by atoms with Gasteiger partial charge >= 0.3 is 0 Å². The lowest BCUT2D eigenvalue weighted by Crippen LogP contribution is -2.26. The first kappa shape index (κ1) is 13.5. The van der Waals surface area contributed by atoms with Gasteiger partial charge in [-0.05, 0) is 36.8 Å². The number of hydrogen-bond donors (Lipinski definition) is 1. The number of fused-ring (bicyclic) bond motifs is 1. The molecule has 21 heavy (non-hydrogen) atoms. The Balaban J connectivity index is 1.73. The van der Waals surface area contributed by atoms with Crippen molar-refractivity contribution in [3.63, 3.8) is 0 Å². The molecule has 3 rings (SSSR count). The highest BCUT2D eigenvalue weighted by atomic mass is 16.6. The summed E-state index contributed by atoms with van der Waals surface area (Å²) in [6.45, 7) is 3.08. The molecule has 108 valence electrons. The fourth-order valence-corrected chi connectivity index (χ4v) is 2.28. The van der Waals surface area contributed by atoms with Crippen LogP contribution in [0.4, 0.5) is 0 Å². The van der Waals surface area contributed by atoms with Gasteiger partial charge in [-0.25, -0.2) is 0 Å². The maximum Gasteiger partial charge on any atom is 0.251 e. The van der Waals surface area contributed by atoms with Crippen LogP contribution >= 0.6 is 0 Å². The largest absolute Gasteiger partial charge is 0.486 e. The highest BCUT2D eigenvalue weighted by Gasteiger charge is 2.16. The lowest BCUT2D eigenvalue weighted by molar-refractivity contribution is 0.0939. The molecule has 0 fully saturated rings. The van der Waals surface area contributed by atoms with Crippen LogP contribution < -0.4 is 14.8 Å². The van der Waals surface area contributed by atoms with E-state index in [0.717, 1.165) is 17.1 Å². The van der Waals surface area contributed by atoms with E-state index in [9.17, 15) is 4.79 Å². The number of benzene rings is 2. The molecule has 0 unspecified atom stereocenters. The molecule has 0 bridgehead atoms. The van der Waals surface area contributed by atoms with Gasteiger partial charge in [0.1, 0.15) is 13.2 Å². The Morgan fingerprint density at radius 2 is 1.76 bits per heavy atom. The average molecular weight is 283 g/mol. The Hall–Kier alpha value is -2.49. The Morgan fingerprint density at radius 3 is 2.52 bits per heavy atom. The number of nitrogens with one attached hydrogen (secondary N) is 1. The molecule has 0 saturated carbocycles. The van der Waals surface area contributed by atoms with Crippen molar-refractivity contribution < 1.29 is 14.3 Å². The van der Waals surface area contributed by atoms with Crippen LogP contribution in [0.3, 0.4) is 0 Å². The van der Waals surface area contributed by atoms with Crippen LogP contribution in [0.25, 0.3) is 0 Å². The van der Waals surface area contributed by atoms with E-state index in [1.807, 2.05) is 43.3 Å². The van der Waals surface area contributed by atoms with E-state index in [-0.39, 0.29) is 11.9 Å². The molecule has 4 nitrogen and oxygen atoms in total. The third-order valence-corrected chi connectivity index (χ3v) is 3.45. The van der Waals surface area contributed by atoms with E-state index in [0.29, 0.717) is 18.8 Å². The molecular formula is C17H17NO3. The number of carbonyl (C=O) groups excluding carboxylic acids is 1. The minimum Gasteiger partial charge on any atom is -0.486 e. The van der Waals surface area contributed by atoms with E-state index in [4.69, 9.17) is 9.47 Å². The minimum atomic E-state index is -0.103. The van der Waals surface area contributed by atoms with Gasteiger partial charge in [-0.3, -0.25) is 4.79 Å². The van der Waals surface area contributed by atoms with Crippen LogP contribution in [0.1, 0.15) is 28.9 Å². The molecule has 1 atom stereocenters. The predicted molar refractivity (Wildman–Crippen MR) is 79.8 cm³/mol. The van der Waals surface area contributed by atoms with Crippen molar-refractivity contribution in [3.05, 3.63) is 59.7 Å². The topological polar surface area (TPSA) is 47.6 Å². The number of amides is 1. The average Bonchev–Trinajstić information content (AvgIpc) is 2.55. The molecule has 2 aromatic carbocycles. The second kappa shape index (κ2) is 5.87. The van der Waals surface area contributed by atoms with Gasteiger partial charge in [0.2, 0.25) is 0 Å². The van der Waals surface area contributed by atoms with Gasteiger partial charge in [0.05, 0.1) is 6.04 Å². The first-order chi connectivity index (χ1) is 10.2. The van der Waals surface area contributed by atoms with Gasteiger partial charge in [-0.1, -0.05) is 24.3 Å². The first-order valence-corrected chi connectivity index (χ1v) is 6.99. The SMILES string of the molecule is C[C@H](NC(=O)c1ccccc1)c1ccc2c(c1)OCCO2. The zero-order valence-electron chi connectivity index (χ0n) is 11.8. The van der Waals surface area contributed by atoms with Crippen molar-refractivity contribution in [2.75, 3.05) is 13.2 Å². The van der Waals surface area contributed by atoms with Gasteiger partial charge in [0.15, 0.2) is 11.5 Å². The molecule has 1 N–H and O–H groups in total. The summed E-state index contributed by atoms with van der Waals surface area (Å²) in [5, 5.41) is 2.98. The molecule has 1 aliphatic rings. The van der Waals surface area contributed by atoms with Crippen LogP contribution in [-0.2, 0) is 0 Å². The fourth-order valence-electron chi connectivity index (χ4n) is 2.28. The molecule has 0 radical (unpaired) electrons. The van der Waals surface area contributed by atoms with Crippen LogP contribution in [-0.4, -0.2) is 19.1 Å². The van der Waals surface area contributed by atoms with Crippen LogP contribution in [0, 0.1) is 0 Å². The molecule has 2 aromatic rings. The zero-order valence-corrected chi connectivity index (χ0v) is 11.8. The van der Waals surface area contributed by atoms with E-state index in [2.05, 4.69) is 5.32 Å². The van der Waals surface area contributed by atoms with E-state index in [1.54, 1.807) is 12.1 Å². The standard InChI is InChI=1S/C17H17NO3/c1-12(18-17(19)13-5-3-2-4-6-13)14-7-8-15-16(11-14)21-10-9-20-15/h2-8,11-12H,9-10H2,1H3,(H,18,19)/t12-/m0/s1. The Kier molecular flexibility index (Phi) is 3.77. The summed E-state index contributed by atoms with van der Waals surface area (Å²) in [6.07, 6.45) is 0. The number of ether oxygens (including phenoxy) is 2. The van der Waals surface area contributed by atoms with Gasteiger partial charge in [-0.2, -0.15) is 0 Å². The molecule has 0 aromatic heterocycles. The highest BCUT2D eigenvalue weighted by Crippen LogP contribution is 2.32. The molecule has 1 amide bonds. The number of hydrogen-bond acceptors (Lipinski definition) is 3. The molecule has 0 saturated heterocycles. The number of carbonyl (C=O) groups is 1. The van der Waals surface area contributed by atoms with Crippen molar-refractivity contribution in [1.29, 1.82) is 0 Å². The quantitative estimate of drug-likeness (QED) is 0.942. The first-order valence-electron chi connectivity index (χ1n) is 6.99. The summed E-state index contributed by atoms with van der Waals surface area (Å²) in [7, 11) is 0. The van der Waals surface area contributed by atoms with Crippen LogP contribution in [0.15, 0.2) is 48.5 Å². The molecule has 0 spiro atoms. The molecule has 4 heteroatoms. The minimum absolute atomic E-state index is 0.0852. The lowest BCUT2D eigenvalue weighted by Gasteiger charge is -2.21. The summed E-state index contributed by atoms with van der Waals surface area (Å²) >= 11 is 0. The highest BCUT2D eigenvalue weighted by molar-refractivity contribution is 5.94. The monoisotopic (exact) mass is 283 g/mol.